The summed E-state index contributed by atoms with van der Waals surface area (Å²) in [6.45, 7) is 2.21. The molecule has 0 bridgehead atoms. The first-order valence-electron chi connectivity index (χ1n) is 9.49. The average molecular weight is 426 g/mol. The number of piperidine rings is 1. The third-order valence-corrected chi connectivity index (χ3v) is 6.36. The largest absolute Gasteiger partial charge is 0.455 e. The van der Waals surface area contributed by atoms with Gasteiger partial charge in [-0.15, -0.1) is 0 Å². The van der Waals surface area contributed by atoms with Crippen molar-refractivity contribution in [1.29, 1.82) is 0 Å². The van der Waals surface area contributed by atoms with Crippen molar-refractivity contribution in [3.8, 4) is 0 Å². The smallest absolute Gasteiger partial charge is 0.321 e. The highest BCUT2D eigenvalue weighted by atomic mass is 32.2. The Morgan fingerprint density at radius 3 is 2.62 bits per heavy atom. The van der Waals surface area contributed by atoms with Crippen LogP contribution in [0.15, 0.2) is 29.4 Å². The Labute approximate surface area is 170 Å². The number of urea groups is 1. The predicted octanol–water partition coefficient (Wildman–Crippen LogP) is 0.651. The minimum absolute atomic E-state index is 0.106. The lowest BCUT2D eigenvalue weighted by Crippen LogP contribution is -2.43. The summed E-state index contributed by atoms with van der Waals surface area (Å²) in [4.78, 5) is 39.2. The average Bonchev–Trinajstić information content (AvgIpc) is 2.73. The molecule has 1 aliphatic rings. The number of ether oxygens (including phenoxy) is 1. The van der Waals surface area contributed by atoms with E-state index in [2.05, 4.69) is 15.6 Å². The zero-order chi connectivity index (χ0) is 21.3. The van der Waals surface area contributed by atoms with E-state index < -0.39 is 40.5 Å². The third kappa shape index (κ3) is 6.79. The molecule has 0 atom stereocenters. The number of pyridine rings is 1. The van der Waals surface area contributed by atoms with Crippen molar-refractivity contribution in [2.75, 3.05) is 26.2 Å². The van der Waals surface area contributed by atoms with Crippen LogP contribution in [-0.4, -0.2) is 61.9 Å². The molecule has 1 aliphatic heterocycles. The fraction of sp³-hybridized carbons (Fsp3) is 0.556. The number of sulfonamides is 1. The summed E-state index contributed by atoms with van der Waals surface area (Å²) in [6.07, 6.45) is 5.06. The molecule has 1 aromatic heterocycles. The highest BCUT2D eigenvalue weighted by Crippen LogP contribution is 2.24. The number of hydrogen-bond donors (Lipinski definition) is 2. The van der Waals surface area contributed by atoms with Gasteiger partial charge in [0.2, 0.25) is 10.0 Å². The Hall–Kier alpha value is -2.53. The number of nitrogens with zero attached hydrogens (tertiary/aromatic N) is 2. The van der Waals surface area contributed by atoms with Crippen LogP contribution < -0.4 is 10.6 Å². The first-order chi connectivity index (χ1) is 13.8. The molecule has 0 aromatic carbocycles. The molecule has 160 valence electrons. The van der Waals surface area contributed by atoms with Gasteiger partial charge in [-0.05, 0) is 31.4 Å². The van der Waals surface area contributed by atoms with Gasteiger partial charge in [-0.3, -0.25) is 19.9 Å². The van der Waals surface area contributed by atoms with Gasteiger partial charge in [0.05, 0.1) is 5.92 Å². The maximum Gasteiger partial charge on any atom is 0.321 e. The van der Waals surface area contributed by atoms with Crippen LogP contribution in [0.5, 0.6) is 0 Å². The second kappa shape index (κ2) is 10.9. The minimum Gasteiger partial charge on any atom is -0.455 e. The van der Waals surface area contributed by atoms with Gasteiger partial charge in [0.25, 0.3) is 5.91 Å². The van der Waals surface area contributed by atoms with Gasteiger partial charge in [0, 0.05) is 32.0 Å². The predicted molar refractivity (Wildman–Crippen MR) is 103 cm³/mol. The maximum atomic E-state index is 12.6. The number of esters is 1. The number of rotatable bonds is 8. The van der Waals surface area contributed by atoms with E-state index in [1.807, 2.05) is 6.92 Å². The van der Waals surface area contributed by atoms with Crippen LogP contribution in [0.3, 0.4) is 0 Å². The molecule has 2 heterocycles. The molecule has 0 spiro atoms. The highest BCUT2D eigenvalue weighted by molar-refractivity contribution is 7.89. The summed E-state index contributed by atoms with van der Waals surface area (Å²) < 4.78 is 31.4. The number of imide groups is 1. The molecule has 0 radical (unpaired) electrons. The zero-order valence-corrected chi connectivity index (χ0v) is 17.1. The summed E-state index contributed by atoms with van der Waals surface area (Å²) in [6, 6.07) is 2.39. The molecular weight excluding hydrogens is 400 g/mol. The van der Waals surface area contributed by atoms with E-state index in [1.165, 1.54) is 22.8 Å². The van der Waals surface area contributed by atoms with E-state index in [-0.39, 0.29) is 30.8 Å². The Morgan fingerprint density at radius 2 is 2.00 bits per heavy atom. The van der Waals surface area contributed by atoms with Crippen LogP contribution in [0.1, 0.15) is 32.6 Å². The second-order valence-corrected chi connectivity index (χ2v) is 8.57. The molecule has 1 saturated heterocycles. The summed E-state index contributed by atoms with van der Waals surface area (Å²) >= 11 is 0. The number of hydrogen-bond acceptors (Lipinski definition) is 7. The minimum atomic E-state index is -3.65. The number of nitrogens with one attached hydrogen (secondary N) is 2. The Bertz CT molecular complexity index is 807. The van der Waals surface area contributed by atoms with Crippen LogP contribution in [0.25, 0.3) is 0 Å². The standard InChI is InChI=1S/C18H26N4O6S/c1-2-3-9-20-18(25)21-16(23)13-28-17(24)14-6-10-22(11-7-14)29(26,27)15-5-4-8-19-12-15/h4-5,8,12,14H,2-3,6-7,9-11,13H2,1H3,(H2,20,21,23,25). The second-order valence-electron chi connectivity index (χ2n) is 6.63. The van der Waals surface area contributed by atoms with E-state index in [0.29, 0.717) is 6.54 Å². The van der Waals surface area contributed by atoms with Gasteiger partial charge in [0.15, 0.2) is 6.61 Å². The number of unbranched alkanes of at least 4 members (excludes halogenated alkanes) is 1. The monoisotopic (exact) mass is 426 g/mol. The molecule has 2 N–H and O–H groups in total. The summed E-state index contributed by atoms with van der Waals surface area (Å²) in [5.74, 6) is -1.80. The summed E-state index contributed by atoms with van der Waals surface area (Å²) in [5.41, 5.74) is 0. The molecule has 0 aliphatic carbocycles. The van der Waals surface area contributed by atoms with Crippen LogP contribution in [0.2, 0.25) is 0 Å². The van der Waals surface area contributed by atoms with E-state index in [0.717, 1.165) is 12.8 Å². The molecule has 1 fully saturated rings. The quantitative estimate of drug-likeness (QED) is 0.460. The summed E-state index contributed by atoms with van der Waals surface area (Å²) in [5, 5.41) is 4.60. The topological polar surface area (TPSA) is 135 Å². The highest BCUT2D eigenvalue weighted by Gasteiger charge is 2.33. The summed E-state index contributed by atoms with van der Waals surface area (Å²) in [7, 11) is -3.65. The molecule has 29 heavy (non-hydrogen) atoms. The van der Waals surface area contributed by atoms with Gasteiger partial charge in [-0.2, -0.15) is 4.31 Å². The molecular formula is C18H26N4O6S. The molecule has 1 aromatic rings. The maximum absolute atomic E-state index is 12.6. The zero-order valence-electron chi connectivity index (χ0n) is 16.3. The third-order valence-electron chi connectivity index (χ3n) is 4.47. The van der Waals surface area contributed by atoms with Crippen LogP contribution >= 0.6 is 0 Å². The fourth-order valence-electron chi connectivity index (χ4n) is 2.82. The molecule has 11 heteroatoms. The van der Waals surface area contributed by atoms with E-state index in [4.69, 9.17) is 4.74 Å². The number of carbonyl (C=O) groups excluding carboxylic acids is 3. The lowest BCUT2D eigenvalue weighted by Gasteiger charge is -2.29. The Morgan fingerprint density at radius 1 is 1.28 bits per heavy atom. The van der Waals surface area contributed by atoms with Gasteiger partial charge >= 0.3 is 12.0 Å². The van der Waals surface area contributed by atoms with Crippen molar-refractivity contribution >= 4 is 27.9 Å². The van der Waals surface area contributed by atoms with Crippen LogP contribution in [0, 0.1) is 5.92 Å². The molecule has 10 nitrogen and oxygen atoms in total. The van der Waals surface area contributed by atoms with Gasteiger partial charge < -0.3 is 10.1 Å². The van der Waals surface area contributed by atoms with Crippen molar-refractivity contribution in [1.82, 2.24) is 19.9 Å². The first kappa shape index (κ1) is 22.8. The van der Waals surface area contributed by atoms with Gasteiger partial charge in [-0.25, -0.2) is 13.2 Å². The van der Waals surface area contributed by atoms with Gasteiger partial charge in [-0.1, -0.05) is 13.3 Å². The van der Waals surface area contributed by atoms with Crippen molar-refractivity contribution < 1.29 is 27.5 Å². The fourth-order valence-corrected chi connectivity index (χ4v) is 4.26. The van der Waals surface area contributed by atoms with Crippen molar-refractivity contribution in [2.45, 2.75) is 37.5 Å². The Kier molecular flexibility index (Phi) is 8.52. The molecule has 3 amide bonds. The van der Waals surface area contributed by atoms with E-state index in [9.17, 15) is 22.8 Å². The number of carbonyl (C=O) groups is 3. The Balaban J connectivity index is 1.74. The molecule has 0 unspecified atom stereocenters. The lowest BCUT2D eigenvalue weighted by molar-refractivity contribution is -0.153. The number of aromatic nitrogens is 1. The van der Waals surface area contributed by atoms with Crippen molar-refractivity contribution in [3.05, 3.63) is 24.5 Å². The molecule has 0 saturated carbocycles. The normalized spacial score (nSPS) is 15.5. The SMILES string of the molecule is CCCCNC(=O)NC(=O)COC(=O)C1CCN(S(=O)(=O)c2cccnc2)CC1. The van der Waals surface area contributed by atoms with Crippen LogP contribution in [-0.2, 0) is 24.3 Å². The van der Waals surface area contributed by atoms with E-state index >= 15 is 0 Å². The van der Waals surface area contributed by atoms with E-state index in [1.54, 1.807) is 6.07 Å². The molecule has 2 rings (SSSR count). The van der Waals surface area contributed by atoms with Crippen LogP contribution in [0.4, 0.5) is 4.79 Å². The number of amides is 3. The van der Waals surface area contributed by atoms with Gasteiger partial charge in [0.1, 0.15) is 4.90 Å². The van der Waals surface area contributed by atoms with Crippen molar-refractivity contribution in [2.24, 2.45) is 5.92 Å². The first-order valence-corrected chi connectivity index (χ1v) is 10.9. The lowest BCUT2D eigenvalue weighted by atomic mass is 9.98. The van der Waals surface area contributed by atoms with Crippen molar-refractivity contribution in [3.63, 3.8) is 0 Å².